The van der Waals surface area contributed by atoms with Gasteiger partial charge in [-0.3, -0.25) is 4.68 Å². The number of hydrogen-bond donors (Lipinski definition) is 0. The number of nitrogens with zero attached hydrogens (tertiary/aromatic N) is 4. The summed E-state index contributed by atoms with van der Waals surface area (Å²) >= 11 is 0. The highest BCUT2D eigenvalue weighted by Gasteiger charge is 2.25. The topological polar surface area (TPSA) is 43.6 Å². The SMILES string of the molecule is Cc1nccc(-c2cnn(C)c2CC2CC2)n1. The van der Waals surface area contributed by atoms with Crippen molar-refractivity contribution >= 4 is 0 Å². The molecule has 1 aliphatic carbocycles. The number of hydrogen-bond acceptors (Lipinski definition) is 3. The molecule has 4 nitrogen and oxygen atoms in total. The fraction of sp³-hybridized carbons (Fsp3) is 0.462. The van der Waals surface area contributed by atoms with E-state index in [0.717, 1.165) is 29.4 Å². The maximum atomic E-state index is 4.48. The van der Waals surface area contributed by atoms with Crippen LogP contribution < -0.4 is 0 Å². The van der Waals surface area contributed by atoms with Crippen molar-refractivity contribution in [2.24, 2.45) is 13.0 Å². The molecule has 1 aliphatic rings. The molecule has 0 saturated heterocycles. The summed E-state index contributed by atoms with van der Waals surface area (Å²) in [5.41, 5.74) is 3.44. The Hall–Kier alpha value is -1.71. The van der Waals surface area contributed by atoms with Gasteiger partial charge in [-0.15, -0.1) is 0 Å². The second-order valence-electron chi connectivity index (χ2n) is 4.77. The summed E-state index contributed by atoms with van der Waals surface area (Å²) in [6, 6.07) is 1.96. The highest BCUT2D eigenvalue weighted by Crippen LogP contribution is 2.35. The minimum atomic E-state index is 0.809. The van der Waals surface area contributed by atoms with Gasteiger partial charge in [0.25, 0.3) is 0 Å². The van der Waals surface area contributed by atoms with Crippen molar-refractivity contribution in [3.8, 4) is 11.3 Å². The predicted octanol–water partition coefficient (Wildman–Crippen LogP) is 2.14. The van der Waals surface area contributed by atoms with Gasteiger partial charge in [-0.1, -0.05) is 0 Å². The highest BCUT2D eigenvalue weighted by molar-refractivity contribution is 5.61. The van der Waals surface area contributed by atoms with Crippen molar-refractivity contribution in [2.45, 2.75) is 26.2 Å². The standard InChI is InChI=1S/C13H16N4/c1-9-14-6-5-12(16-9)11-8-15-17(2)13(11)7-10-3-4-10/h5-6,8,10H,3-4,7H2,1-2H3. The normalized spacial score (nSPS) is 15.2. The van der Waals surface area contributed by atoms with Crippen molar-refractivity contribution in [2.75, 3.05) is 0 Å². The van der Waals surface area contributed by atoms with Gasteiger partial charge >= 0.3 is 0 Å². The Bertz CT molecular complexity index is 540. The summed E-state index contributed by atoms with van der Waals surface area (Å²) in [6.45, 7) is 1.92. The number of aryl methyl sites for hydroxylation is 2. The molecule has 0 unspecified atom stereocenters. The minimum Gasteiger partial charge on any atom is -0.272 e. The molecule has 0 N–H and O–H groups in total. The van der Waals surface area contributed by atoms with Gasteiger partial charge in [0, 0.05) is 24.5 Å². The van der Waals surface area contributed by atoms with Crippen molar-refractivity contribution < 1.29 is 0 Å². The molecule has 88 valence electrons. The van der Waals surface area contributed by atoms with Gasteiger partial charge in [0.1, 0.15) is 5.82 Å². The highest BCUT2D eigenvalue weighted by atomic mass is 15.3. The summed E-state index contributed by atoms with van der Waals surface area (Å²) in [7, 11) is 2.01. The van der Waals surface area contributed by atoms with Gasteiger partial charge in [-0.2, -0.15) is 5.10 Å². The second kappa shape index (κ2) is 3.95. The third-order valence-electron chi connectivity index (χ3n) is 3.29. The lowest BCUT2D eigenvalue weighted by Gasteiger charge is -2.05. The summed E-state index contributed by atoms with van der Waals surface area (Å²) in [5, 5.41) is 4.36. The molecule has 0 bridgehead atoms. The van der Waals surface area contributed by atoms with Crippen molar-refractivity contribution in [3.63, 3.8) is 0 Å². The molecular weight excluding hydrogens is 212 g/mol. The molecule has 1 saturated carbocycles. The first-order chi connectivity index (χ1) is 8.24. The Morgan fingerprint density at radius 2 is 2.24 bits per heavy atom. The van der Waals surface area contributed by atoms with Crippen LogP contribution in [0, 0.1) is 12.8 Å². The smallest absolute Gasteiger partial charge is 0.125 e. The van der Waals surface area contributed by atoms with E-state index in [1.54, 1.807) is 0 Å². The Balaban J connectivity index is 2.01. The van der Waals surface area contributed by atoms with Crippen LogP contribution in [0.2, 0.25) is 0 Å². The molecule has 0 radical (unpaired) electrons. The Kier molecular flexibility index (Phi) is 2.42. The largest absolute Gasteiger partial charge is 0.272 e. The lowest BCUT2D eigenvalue weighted by molar-refractivity contribution is 0.677. The molecule has 2 aromatic rings. The first-order valence-corrected chi connectivity index (χ1v) is 6.05. The van der Waals surface area contributed by atoms with E-state index in [2.05, 4.69) is 15.1 Å². The van der Waals surface area contributed by atoms with E-state index >= 15 is 0 Å². The van der Waals surface area contributed by atoms with E-state index in [0.29, 0.717) is 0 Å². The Morgan fingerprint density at radius 3 is 2.94 bits per heavy atom. The molecule has 2 aromatic heterocycles. The van der Waals surface area contributed by atoms with Crippen LogP contribution in [0.15, 0.2) is 18.5 Å². The van der Waals surface area contributed by atoms with Crippen LogP contribution in [-0.2, 0) is 13.5 Å². The second-order valence-corrected chi connectivity index (χ2v) is 4.77. The molecule has 0 aromatic carbocycles. The van der Waals surface area contributed by atoms with E-state index in [1.165, 1.54) is 18.5 Å². The third-order valence-corrected chi connectivity index (χ3v) is 3.29. The first kappa shape index (κ1) is 10.4. The van der Waals surface area contributed by atoms with E-state index in [9.17, 15) is 0 Å². The van der Waals surface area contributed by atoms with Crippen molar-refractivity contribution in [3.05, 3.63) is 30.0 Å². The van der Waals surface area contributed by atoms with Crippen molar-refractivity contribution in [1.29, 1.82) is 0 Å². The summed E-state index contributed by atoms with van der Waals surface area (Å²) in [4.78, 5) is 8.62. The summed E-state index contributed by atoms with van der Waals surface area (Å²) in [5.74, 6) is 1.66. The average Bonchev–Trinajstić information content (AvgIpc) is 3.04. The van der Waals surface area contributed by atoms with Crippen LogP contribution in [-0.4, -0.2) is 19.7 Å². The Labute approximate surface area is 101 Å². The fourth-order valence-corrected chi connectivity index (χ4v) is 2.12. The maximum Gasteiger partial charge on any atom is 0.125 e. The predicted molar refractivity (Wildman–Crippen MR) is 65.4 cm³/mol. The van der Waals surface area contributed by atoms with Gasteiger partial charge < -0.3 is 0 Å². The quantitative estimate of drug-likeness (QED) is 0.808. The van der Waals surface area contributed by atoms with Crippen LogP contribution in [0.3, 0.4) is 0 Å². The maximum absolute atomic E-state index is 4.48. The molecule has 0 amide bonds. The molecule has 1 fully saturated rings. The van der Waals surface area contributed by atoms with E-state index in [4.69, 9.17) is 0 Å². The van der Waals surface area contributed by atoms with Crippen LogP contribution in [0.4, 0.5) is 0 Å². The monoisotopic (exact) mass is 228 g/mol. The zero-order chi connectivity index (χ0) is 11.8. The lowest BCUT2D eigenvalue weighted by Crippen LogP contribution is -2.01. The van der Waals surface area contributed by atoms with Gasteiger partial charge in [0.05, 0.1) is 11.9 Å². The first-order valence-electron chi connectivity index (χ1n) is 6.05. The van der Waals surface area contributed by atoms with Gasteiger partial charge in [0.15, 0.2) is 0 Å². The number of aromatic nitrogens is 4. The minimum absolute atomic E-state index is 0.809. The van der Waals surface area contributed by atoms with Crippen LogP contribution in [0.5, 0.6) is 0 Å². The molecule has 2 heterocycles. The molecule has 0 atom stereocenters. The zero-order valence-electron chi connectivity index (χ0n) is 10.2. The van der Waals surface area contributed by atoms with Crippen LogP contribution in [0.25, 0.3) is 11.3 Å². The van der Waals surface area contributed by atoms with Gasteiger partial charge in [0.2, 0.25) is 0 Å². The molecule has 4 heteroatoms. The summed E-state index contributed by atoms with van der Waals surface area (Å²) < 4.78 is 1.98. The van der Waals surface area contributed by atoms with E-state index < -0.39 is 0 Å². The lowest BCUT2D eigenvalue weighted by atomic mass is 10.1. The zero-order valence-corrected chi connectivity index (χ0v) is 10.2. The average molecular weight is 228 g/mol. The summed E-state index contributed by atoms with van der Waals surface area (Å²) in [6.07, 6.45) is 7.56. The van der Waals surface area contributed by atoms with E-state index in [-0.39, 0.29) is 0 Å². The fourth-order valence-electron chi connectivity index (χ4n) is 2.12. The van der Waals surface area contributed by atoms with Crippen molar-refractivity contribution in [1.82, 2.24) is 19.7 Å². The van der Waals surface area contributed by atoms with Crippen LogP contribution in [0.1, 0.15) is 24.4 Å². The molecule has 17 heavy (non-hydrogen) atoms. The molecule has 3 rings (SSSR count). The molecule has 0 aliphatic heterocycles. The van der Waals surface area contributed by atoms with Crippen LogP contribution >= 0.6 is 0 Å². The van der Waals surface area contributed by atoms with Gasteiger partial charge in [-0.25, -0.2) is 9.97 Å². The third kappa shape index (κ3) is 2.07. The van der Waals surface area contributed by atoms with E-state index in [1.807, 2.05) is 37.1 Å². The van der Waals surface area contributed by atoms with Gasteiger partial charge in [-0.05, 0) is 38.2 Å². The Morgan fingerprint density at radius 1 is 1.41 bits per heavy atom. The molecule has 0 spiro atoms. The number of rotatable bonds is 3. The molecular formula is C13H16N4.